The topological polar surface area (TPSA) is 33.7 Å². The van der Waals surface area contributed by atoms with Gasteiger partial charge in [-0.2, -0.15) is 0 Å². The van der Waals surface area contributed by atoms with Crippen LogP contribution in [-0.2, 0) is 9.47 Å². The molecule has 1 fully saturated rings. The number of hydrogen-bond donors (Lipinski definition) is 1. The molecule has 1 saturated heterocycles. The van der Waals surface area contributed by atoms with E-state index in [-0.39, 0.29) is 0 Å². The lowest BCUT2D eigenvalue weighted by Gasteiger charge is -2.29. The van der Waals surface area contributed by atoms with E-state index in [1.54, 1.807) is 0 Å². The molecule has 1 aliphatic heterocycles. The van der Waals surface area contributed by atoms with E-state index in [0.717, 1.165) is 45.8 Å². The first-order valence-electron chi connectivity index (χ1n) is 6.58. The number of halogens is 2. The number of nitrogens with zero attached hydrogens (tertiary/aromatic N) is 1. The Balaban J connectivity index is 1.91. The molecule has 1 heterocycles. The number of alkyl halides is 2. The third kappa shape index (κ3) is 7.92. The largest absolute Gasteiger partial charge is 0.379 e. The average molecular weight is 266 g/mol. The second-order valence-corrected chi connectivity index (χ2v) is 4.59. The molecule has 0 aliphatic carbocycles. The van der Waals surface area contributed by atoms with Gasteiger partial charge in [-0.3, -0.25) is 4.90 Å². The van der Waals surface area contributed by atoms with Crippen LogP contribution in [0.2, 0.25) is 0 Å². The van der Waals surface area contributed by atoms with Crippen molar-refractivity contribution >= 4 is 0 Å². The number of rotatable bonds is 9. The van der Waals surface area contributed by atoms with Crippen molar-refractivity contribution in [3.05, 3.63) is 0 Å². The maximum atomic E-state index is 11.8. The van der Waals surface area contributed by atoms with E-state index in [9.17, 15) is 8.78 Å². The van der Waals surface area contributed by atoms with Crippen LogP contribution in [0.15, 0.2) is 0 Å². The number of nitrogens with one attached hydrogen (secondary N) is 1. The molecule has 18 heavy (non-hydrogen) atoms. The number of hydrogen-bond acceptors (Lipinski definition) is 4. The standard InChI is InChI=1S/C12H24F2N2O2/c1-11(9-16-4-7-17-8-5-16)15-3-2-6-18-10-12(13)14/h11-12,15H,2-10H2,1H3. The molecule has 0 aromatic rings. The lowest BCUT2D eigenvalue weighted by atomic mass is 10.2. The predicted octanol–water partition coefficient (Wildman–Crippen LogP) is 0.968. The highest BCUT2D eigenvalue weighted by Gasteiger charge is 2.12. The molecule has 4 nitrogen and oxygen atoms in total. The monoisotopic (exact) mass is 266 g/mol. The van der Waals surface area contributed by atoms with Crippen LogP contribution in [0.1, 0.15) is 13.3 Å². The first-order chi connectivity index (χ1) is 8.68. The van der Waals surface area contributed by atoms with Crippen LogP contribution >= 0.6 is 0 Å². The van der Waals surface area contributed by atoms with E-state index in [1.165, 1.54) is 0 Å². The minimum atomic E-state index is -2.36. The lowest BCUT2D eigenvalue weighted by Crippen LogP contribution is -2.44. The summed E-state index contributed by atoms with van der Waals surface area (Å²) in [5.41, 5.74) is 0. The van der Waals surface area contributed by atoms with Crippen LogP contribution in [-0.4, -0.2) is 70.0 Å². The Labute approximate surface area is 108 Å². The Morgan fingerprint density at radius 1 is 1.33 bits per heavy atom. The summed E-state index contributed by atoms with van der Waals surface area (Å²) < 4.78 is 33.6. The SMILES string of the molecule is CC(CN1CCOCC1)NCCCOCC(F)F. The van der Waals surface area contributed by atoms with Gasteiger partial charge in [0.2, 0.25) is 0 Å². The zero-order valence-electron chi connectivity index (χ0n) is 11.0. The molecule has 0 saturated carbocycles. The first-order valence-corrected chi connectivity index (χ1v) is 6.58. The highest BCUT2D eigenvalue weighted by Crippen LogP contribution is 1.98. The molecule has 1 atom stereocenters. The van der Waals surface area contributed by atoms with Gasteiger partial charge in [-0.1, -0.05) is 0 Å². The van der Waals surface area contributed by atoms with Crippen LogP contribution in [0.25, 0.3) is 0 Å². The van der Waals surface area contributed by atoms with Crippen molar-refractivity contribution in [1.82, 2.24) is 10.2 Å². The summed E-state index contributed by atoms with van der Waals surface area (Å²) in [5.74, 6) is 0. The highest BCUT2D eigenvalue weighted by atomic mass is 19.3. The van der Waals surface area contributed by atoms with Crippen molar-refractivity contribution < 1.29 is 18.3 Å². The molecule has 0 radical (unpaired) electrons. The Bertz CT molecular complexity index is 203. The van der Waals surface area contributed by atoms with Gasteiger partial charge in [-0.05, 0) is 19.9 Å². The fraction of sp³-hybridized carbons (Fsp3) is 1.00. The summed E-state index contributed by atoms with van der Waals surface area (Å²) in [6.07, 6.45) is -1.60. The Kier molecular flexibility index (Phi) is 8.41. The van der Waals surface area contributed by atoms with Crippen LogP contribution in [0.4, 0.5) is 8.78 Å². The third-order valence-corrected chi connectivity index (χ3v) is 2.84. The van der Waals surface area contributed by atoms with Gasteiger partial charge in [0, 0.05) is 32.3 Å². The maximum Gasteiger partial charge on any atom is 0.261 e. The summed E-state index contributed by atoms with van der Waals surface area (Å²) in [7, 11) is 0. The van der Waals surface area contributed by atoms with Crippen molar-refractivity contribution in [3.63, 3.8) is 0 Å². The van der Waals surface area contributed by atoms with Crippen molar-refractivity contribution in [2.45, 2.75) is 25.8 Å². The molecule has 0 aromatic carbocycles. The van der Waals surface area contributed by atoms with Gasteiger partial charge < -0.3 is 14.8 Å². The molecule has 1 unspecified atom stereocenters. The molecule has 0 amide bonds. The normalized spacial score (nSPS) is 19.3. The second-order valence-electron chi connectivity index (χ2n) is 4.59. The summed E-state index contributed by atoms with van der Waals surface area (Å²) in [6, 6.07) is 0.401. The number of ether oxygens (including phenoxy) is 2. The van der Waals surface area contributed by atoms with Crippen molar-refractivity contribution in [2.75, 3.05) is 52.6 Å². The van der Waals surface area contributed by atoms with E-state index in [0.29, 0.717) is 12.6 Å². The summed E-state index contributed by atoms with van der Waals surface area (Å²) in [4.78, 5) is 2.37. The lowest BCUT2D eigenvalue weighted by molar-refractivity contribution is 0.0162. The first kappa shape index (κ1) is 15.8. The average Bonchev–Trinajstić information content (AvgIpc) is 2.34. The molecule has 1 rings (SSSR count). The maximum absolute atomic E-state index is 11.8. The van der Waals surface area contributed by atoms with Crippen LogP contribution < -0.4 is 5.32 Å². The highest BCUT2D eigenvalue weighted by molar-refractivity contribution is 4.69. The van der Waals surface area contributed by atoms with E-state index in [2.05, 4.69) is 17.1 Å². The molecule has 1 aliphatic rings. The molecule has 108 valence electrons. The molecular formula is C12H24F2N2O2. The van der Waals surface area contributed by atoms with Gasteiger partial charge in [0.25, 0.3) is 6.43 Å². The van der Waals surface area contributed by atoms with Gasteiger partial charge in [0.05, 0.1) is 13.2 Å². The smallest absolute Gasteiger partial charge is 0.261 e. The van der Waals surface area contributed by atoms with Gasteiger partial charge in [-0.15, -0.1) is 0 Å². The van der Waals surface area contributed by atoms with Gasteiger partial charge in [0.1, 0.15) is 6.61 Å². The Hall–Kier alpha value is -0.300. The summed E-state index contributed by atoms with van der Waals surface area (Å²) in [6.45, 7) is 7.48. The van der Waals surface area contributed by atoms with E-state index in [4.69, 9.17) is 9.47 Å². The fourth-order valence-electron chi connectivity index (χ4n) is 1.93. The number of morpholine rings is 1. The van der Waals surface area contributed by atoms with E-state index >= 15 is 0 Å². The fourth-order valence-corrected chi connectivity index (χ4v) is 1.93. The molecule has 0 spiro atoms. The molecule has 6 heteroatoms. The van der Waals surface area contributed by atoms with Crippen LogP contribution in [0.5, 0.6) is 0 Å². The Morgan fingerprint density at radius 2 is 2.06 bits per heavy atom. The van der Waals surface area contributed by atoms with Gasteiger partial charge in [0.15, 0.2) is 0 Å². The molecule has 1 N–H and O–H groups in total. The second kappa shape index (κ2) is 9.61. The van der Waals surface area contributed by atoms with Gasteiger partial charge >= 0.3 is 0 Å². The Morgan fingerprint density at radius 3 is 2.72 bits per heavy atom. The van der Waals surface area contributed by atoms with Crippen molar-refractivity contribution in [1.29, 1.82) is 0 Å². The van der Waals surface area contributed by atoms with Crippen molar-refractivity contribution in [3.8, 4) is 0 Å². The molecule has 0 bridgehead atoms. The summed E-state index contributed by atoms with van der Waals surface area (Å²) in [5, 5.41) is 3.37. The minimum absolute atomic E-state index is 0.390. The summed E-state index contributed by atoms with van der Waals surface area (Å²) >= 11 is 0. The van der Waals surface area contributed by atoms with Crippen molar-refractivity contribution in [2.24, 2.45) is 0 Å². The zero-order valence-corrected chi connectivity index (χ0v) is 11.0. The third-order valence-electron chi connectivity index (χ3n) is 2.84. The minimum Gasteiger partial charge on any atom is -0.379 e. The van der Waals surface area contributed by atoms with E-state index in [1.807, 2.05) is 0 Å². The van der Waals surface area contributed by atoms with E-state index < -0.39 is 13.0 Å². The van der Waals surface area contributed by atoms with Crippen LogP contribution in [0, 0.1) is 0 Å². The zero-order chi connectivity index (χ0) is 13.2. The van der Waals surface area contributed by atoms with Crippen LogP contribution in [0.3, 0.4) is 0 Å². The predicted molar refractivity (Wildman–Crippen MR) is 66.2 cm³/mol. The molecule has 0 aromatic heterocycles. The van der Waals surface area contributed by atoms with Gasteiger partial charge in [-0.25, -0.2) is 8.78 Å². The quantitative estimate of drug-likeness (QED) is 0.631. The molecular weight excluding hydrogens is 242 g/mol.